The van der Waals surface area contributed by atoms with Crippen molar-refractivity contribution in [2.75, 3.05) is 0 Å². The van der Waals surface area contributed by atoms with E-state index in [2.05, 4.69) is 115 Å². The van der Waals surface area contributed by atoms with Crippen molar-refractivity contribution in [2.24, 2.45) is 0 Å². The van der Waals surface area contributed by atoms with Crippen LogP contribution in [0.25, 0.3) is 56.4 Å². The lowest BCUT2D eigenvalue weighted by Gasteiger charge is -2.34. The quantitative estimate of drug-likeness (QED) is 0.180. The number of nitriles is 1. The maximum Gasteiger partial charge on any atom is 0.164 e. The van der Waals surface area contributed by atoms with Crippen molar-refractivity contribution in [2.45, 2.75) is 5.41 Å². The zero-order chi connectivity index (χ0) is 34.2. The van der Waals surface area contributed by atoms with Crippen LogP contribution in [0.5, 0.6) is 0 Å². The first kappa shape index (κ1) is 30.1. The molecule has 0 radical (unpaired) electrons. The summed E-state index contributed by atoms with van der Waals surface area (Å²) in [6.45, 7) is 0. The Morgan fingerprint density at radius 3 is 1.43 bits per heavy atom. The lowest BCUT2D eigenvalue weighted by Crippen LogP contribution is -2.28. The van der Waals surface area contributed by atoms with E-state index in [1.165, 1.54) is 0 Å². The van der Waals surface area contributed by atoms with Crippen molar-refractivity contribution in [3.05, 3.63) is 210 Å². The molecule has 7 aromatic carbocycles. The predicted octanol–water partition coefficient (Wildman–Crippen LogP) is 10.8. The summed E-state index contributed by atoms with van der Waals surface area (Å²) in [6, 6.07) is 65.1. The number of hydrogen-bond donors (Lipinski definition) is 0. The first-order valence-corrected chi connectivity index (χ1v) is 17.0. The van der Waals surface area contributed by atoms with Crippen LogP contribution in [0.15, 0.2) is 182 Å². The molecule has 1 aromatic heterocycles. The molecule has 9 rings (SSSR count). The Balaban J connectivity index is 1.24. The first-order valence-electron chi connectivity index (χ1n) is 17.0. The summed E-state index contributed by atoms with van der Waals surface area (Å²) < 4.78 is 0. The molecule has 51 heavy (non-hydrogen) atoms. The van der Waals surface area contributed by atoms with Gasteiger partial charge in [-0.05, 0) is 57.1 Å². The molecule has 0 amide bonds. The Hall–Kier alpha value is -6.96. The molecule has 1 heterocycles. The van der Waals surface area contributed by atoms with Gasteiger partial charge in [0.2, 0.25) is 0 Å². The van der Waals surface area contributed by atoms with E-state index in [1.54, 1.807) is 0 Å². The molecule has 0 spiro atoms. The molecule has 0 saturated carbocycles. The molecular formula is C47H30N4. The van der Waals surface area contributed by atoms with Gasteiger partial charge in [0, 0.05) is 22.3 Å². The van der Waals surface area contributed by atoms with Crippen LogP contribution in [-0.2, 0) is 5.41 Å². The molecule has 0 atom stereocenters. The zero-order valence-electron chi connectivity index (χ0n) is 27.6. The van der Waals surface area contributed by atoms with Gasteiger partial charge in [-0.25, -0.2) is 15.0 Å². The van der Waals surface area contributed by atoms with E-state index in [9.17, 15) is 5.26 Å². The van der Waals surface area contributed by atoms with Gasteiger partial charge in [0.05, 0.1) is 17.0 Å². The zero-order valence-corrected chi connectivity index (χ0v) is 27.6. The van der Waals surface area contributed by atoms with Crippen molar-refractivity contribution in [3.63, 3.8) is 0 Å². The Kier molecular flexibility index (Phi) is 7.38. The van der Waals surface area contributed by atoms with Gasteiger partial charge < -0.3 is 0 Å². The van der Waals surface area contributed by atoms with Crippen molar-refractivity contribution < 1.29 is 0 Å². The van der Waals surface area contributed by atoms with Crippen LogP contribution >= 0.6 is 0 Å². The molecule has 0 saturated heterocycles. The van der Waals surface area contributed by atoms with Gasteiger partial charge in [-0.2, -0.15) is 5.26 Å². The summed E-state index contributed by atoms with van der Waals surface area (Å²) in [7, 11) is 0. The maximum atomic E-state index is 10.3. The Labute approximate surface area is 297 Å². The van der Waals surface area contributed by atoms with Crippen LogP contribution in [0.4, 0.5) is 0 Å². The van der Waals surface area contributed by atoms with Gasteiger partial charge in [0.1, 0.15) is 0 Å². The summed E-state index contributed by atoms with van der Waals surface area (Å²) in [4.78, 5) is 14.9. The van der Waals surface area contributed by atoms with E-state index in [0.29, 0.717) is 23.0 Å². The first-order chi connectivity index (χ1) is 25.2. The second kappa shape index (κ2) is 12.5. The van der Waals surface area contributed by atoms with Gasteiger partial charge in [0.15, 0.2) is 17.5 Å². The fraction of sp³-hybridized carbons (Fsp3) is 0.0213. The van der Waals surface area contributed by atoms with Crippen molar-refractivity contribution in [1.29, 1.82) is 5.26 Å². The second-order valence-electron chi connectivity index (χ2n) is 12.7. The van der Waals surface area contributed by atoms with Gasteiger partial charge in [-0.3, -0.25) is 0 Å². The van der Waals surface area contributed by atoms with Crippen LogP contribution < -0.4 is 0 Å². The average Bonchev–Trinajstić information content (AvgIpc) is 3.52. The Bertz CT molecular complexity index is 2480. The highest BCUT2D eigenvalue weighted by Gasteiger charge is 2.47. The molecule has 0 bridgehead atoms. The Morgan fingerprint density at radius 1 is 0.392 bits per heavy atom. The fourth-order valence-electron chi connectivity index (χ4n) is 7.59. The smallest absolute Gasteiger partial charge is 0.164 e. The lowest BCUT2D eigenvalue weighted by molar-refractivity contribution is 0.768. The van der Waals surface area contributed by atoms with E-state index in [4.69, 9.17) is 15.0 Å². The maximum absolute atomic E-state index is 10.3. The van der Waals surface area contributed by atoms with E-state index in [0.717, 1.165) is 61.2 Å². The molecule has 0 fully saturated rings. The predicted molar refractivity (Wildman–Crippen MR) is 204 cm³/mol. The fourth-order valence-corrected chi connectivity index (χ4v) is 7.59. The number of rotatable bonds is 6. The molecule has 4 heteroatoms. The van der Waals surface area contributed by atoms with Crippen LogP contribution in [-0.4, -0.2) is 15.0 Å². The van der Waals surface area contributed by atoms with Gasteiger partial charge in [-0.1, -0.05) is 164 Å². The van der Waals surface area contributed by atoms with Crippen LogP contribution in [0.3, 0.4) is 0 Å². The van der Waals surface area contributed by atoms with E-state index >= 15 is 0 Å². The molecular weight excluding hydrogens is 621 g/mol. The molecule has 0 unspecified atom stereocenters. The molecule has 4 nitrogen and oxygen atoms in total. The van der Waals surface area contributed by atoms with Crippen molar-refractivity contribution in [3.8, 4) is 62.5 Å². The summed E-state index contributed by atoms with van der Waals surface area (Å²) in [6.07, 6.45) is 0. The minimum absolute atomic E-state index is 0.611. The number of nitrogens with zero attached hydrogens (tertiary/aromatic N) is 4. The average molecular weight is 651 g/mol. The topological polar surface area (TPSA) is 62.5 Å². The normalized spacial score (nSPS) is 12.5. The van der Waals surface area contributed by atoms with E-state index in [-0.39, 0.29) is 0 Å². The summed E-state index contributed by atoms with van der Waals surface area (Å²) in [5.41, 5.74) is 11.6. The largest absolute Gasteiger partial charge is 0.208 e. The molecule has 0 aliphatic heterocycles. The number of benzene rings is 7. The third kappa shape index (κ3) is 5.03. The monoisotopic (exact) mass is 650 g/mol. The van der Waals surface area contributed by atoms with Crippen molar-refractivity contribution >= 4 is 0 Å². The number of aromatic nitrogens is 3. The van der Waals surface area contributed by atoms with Crippen molar-refractivity contribution in [1.82, 2.24) is 15.0 Å². The van der Waals surface area contributed by atoms with Gasteiger partial charge >= 0.3 is 0 Å². The summed E-state index contributed by atoms with van der Waals surface area (Å²) >= 11 is 0. The highest BCUT2D eigenvalue weighted by molar-refractivity contribution is 5.91. The highest BCUT2D eigenvalue weighted by Crippen LogP contribution is 2.57. The minimum Gasteiger partial charge on any atom is -0.208 e. The minimum atomic E-state index is -0.614. The molecule has 1 aliphatic rings. The van der Waals surface area contributed by atoms with Gasteiger partial charge in [0.25, 0.3) is 0 Å². The summed E-state index contributed by atoms with van der Waals surface area (Å²) in [5, 5.41) is 10.3. The SMILES string of the molecule is N#Cc1cccc2c1-c1ccc(-c3cccc(-c4nc(-c5ccccc5)nc(-c5ccccc5)n4)c3)cc1C2(c1ccccc1)c1ccccc1. The Morgan fingerprint density at radius 2 is 0.863 bits per heavy atom. The van der Waals surface area contributed by atoms with E-state index < -0.39 is 5.41 Å². The van der Waals surface area contributed by atoms with E-state index in [1.807, 2.05) is 72.8 Å². The highest BCUT2D eigenvalue weighted by atomic mass is 15.0. The standard InChI is InChI=1S/C47H30N4/c48-31-37-21-14-26-41-43(37)40-28-27-35(30-42(40)47(41,38-22-9-3-10-23-38)39-24-11-4-12-25-39)34-19-13-20-36(29-34)46-50-44(32-15-5-1-6-16-32)49-45(51-46)33-17-7-2-8-18-33/h1-30H. The second-order valence-corrected chi connectivity index (χ2v) is 12.7. The molecule has 1 aliphatic carbocycles. The molecule has 0 N–H and O–H groups in total. The molecule has 238 valence electrons. The van der Waals surface area contributed by atoms with Crippen LogP contribution in [0.2, 0.25) is 0 Å². The van der Waals surface area contributed by atoms with Crippen LogP contribution in [0, 0.1) is 11.3 Å². The lowest BCUT2D eigenvalue weighted by atomic mass is 9.67. The van der Waals surface area contributed by atoms with Crippen LogP contribution in [0.1, 0.15) is 27.8 Å². The number of hydrogen-bond acceptors (Lipinski definition) is 4. The number of fused-ring (bicyclic) bond motifs is 3. The third-order valence-corrected chi connectivity index (χ3v) is 9.85. The molecule has 8 aromatic rings. The van der Waals surface area contributed by atoms with Gasteiger partial charge in [-0.15, -0.1) is 0 Å². The summed E-state index contributed by atoms with van der Waals surface area (Å²) in [5.74, 6) is 1.87. The third-order valence-electron chi connectivity index (χ3n) is 9.85.